The summed E-state index contributed by atoms with van der Waals surface area (Å²) in [5.74, 6) is -2.39. The maximum atomic E-state index is 13.1. The van der Waals surface area contributed by atoms with Crippen LogP contribution in [0.2, 0.25) is 0 Å². The van der Waals surface area contributed by atoms with E-state index in [0.29, 0.717) is 16.9 Å². The van der Waals surface area contributed by atoms with Gasteiger partial charge in [-0.1, -0.05) is 0 Å². The Morgan fingerprint density at radius 1 is 1.04 bits per heavy atom. The van der Waals surface area contributed by atoms with Crippen molar-refractivity contribution in [3.63, 3.8) is 0 Å². The fourth-order valence-electron chi connectivity index (χ4n) is 2.71. The minimum absolute atomic E-state index is 0.310. The van der Waals surface area contributed by atoms with Crippen molar-refractivity contribution in [1.82, 2.24) is 9.47 Å². The number of carbonyl (C=O) groups is 3. The Kier molecular flexibility index (Phi) is 5.21. The molecule has 7 nitrogen and oxygen atoms in total. The lowest BCUT2D eigenvalue weighted by molar-refractivity contribution is -0.121. The van der Waals surface area contributed by atoms with Crippen LogP contribution in [0.3, 0.4) is 0 Å². The molecule has 0 atom stereocenters. The molecule has 1 heterocycles. The van der Waals surface area contributed by atoms with E-state index in [1.54, 1.807) is 36.6 Å². The monoisotopic (exact) mass is 346 g/mol. The zero-order valence-electron chi connectivity index (χ0n) is 14.0. The third-order valence-electron chi connectivity index (χ3n) is 3.73. The lowest BCUT2D eigenvalue weighted by Gasteiger charge is -2.19. The number of halogens is 1. The van der Waals surface area contributed by atoms with Gasteiger partial charge in [0.05, 0.1) is 5.56 Å². The topological polar surface area (TPSA) is 111 Å². The quantitative estimate of drug-likeness (QED) is 0.801. The molecule has 4 N–H and O–H groups in total. The number of hydrogen-bond acceptors (Lipinski definition) is 3. The highest BCUT2D eigenvalue weighted by Crippen LogP contribution is 2.22. The van der Waals surface area contributed by atoms with Gasteiger partial charge in [-0.05, 0) is 44.2 Å². The molecule has 2 rings (SSSR count). The van der Waals surface area contributed by atoms with Crippen LogP contribution < -0.4 is 11.5 Å². The van der Waals surface area contributed by atoms with E-state index < -0.39 is 30.8 Å². The molecule has 0 saturated heterocycles. The molecule has 25 heavy (non-hydrogen) atoms. The Balaban J connectivity index is 2.43. The molecule has 0 unspecified atom stereocenters. The Morgan fingerprint density at radius 3 is 2.04 bits per heavy atom. The standard InChI is InChI=1S/C17H19FN4O3/c1-10-7-14(17(25)21(8-15(19)23)9-16(20)24)11(2)22(10)13-5-3-12(18)4-6-13/h3-7H,8-9H2,1-2H3,(H2,19,23)(H2,20,24). The molecule has 0 bridgehead atoms. The lowest BCUT2D eigenvalue weighted by atomic mass is 10.2. The normalized spacial score (nSPS) is 10.5. The molecule has 2 aromatic rings. The molecule has 0 radical (unpaired) electrons. The van der Waals surface area contributed by atoms with Crippen LogP contribution in [0.1, 0.15) is 21.7 Å². The molecule has 8 heteroatoms. The summed E-state index contributed by atoms with van der Waals surface area (Å²) in [6.45, 7) is 2.68. The first-order valence-electron chi connectivity index (χ1n) is 7.51. The summed E-state index contributed by atoms with van der Waals surface area (Å²) in [6.07, 6.45) is 0. The van der Waals surface area contributed by atoms with Gasteiger partial charge in [0.2, 0.25) is 11.8 Å². The van der Waals surface area contributed by atoms with Crippen molar-refractivity contribution in [2.45, 2.75) is 13.8 Å². The minimum Gasteiger partial charge on any atom is -0.368 e. The molecule has 0 spiro atoms. The van der Waals surface area contributed by atoms with Crippen molar-refractivity contribution in [3.8, 4) is 5.69 Å². The maximum absolute atomic E-state index is 13.1. The van der Waals surface area contributed by atoms with E-state index in [9.17, 15) is 18.8 Å². The van der Waals surface area contributed by atoms with Crippen molar-refractivity contribution < 1.29 is 18.8 Å². The lowest BCUT2D eigenvalue weighted by Crippen LogP contribution is -2.43. The van der Waals surface area contributed by atoms with Crippen molar-refractivity contribution in [2.24, 2.45) is 11.5 Å². The van der Waals surface area contributed by atoms with Gasteiger partial charge in [-0.3, -0.25) is 14.4 Å². The average Bonchev–Trinajstić information content (AvgIpc) is 2.81. The highest BCUT2D eigenvalue weighted by Gasteiger charge is 2.24. The van der Waals surface area contributed by atoms with Crippen LogP contribution >= 0.6 is 0 Å². The fourth-order valence-corrected chi connectivity index (χ4v) is 2.71. The number of aromatic nitrogens is 1. The molecule has 1 aromatic heterocycles. The van der Waals surface area contributed by atoms with E-state index in [-0.39, 0.29) is 5.82 Å². The van der Waals surface area contributed by atoms with Gasteiger partial charge >= 0.3 is 0 Å². The number of primary amides is 2. The second-order valence-electron chi connectivity index (χ2n) is 5.69. The first kappa shape index (κ1) is 18.2. The van der Waals surface area contributed by atoms with Crippen LogP contribution in [0.5, 0.6) is 0 Å². The number of aryl methyl sites for hydroxylation is 1. The number of benzene rings is 1. The first-order valence-corrected chi connectivity index (χ1v) is 7.51. The highest BCUT2D eigenvalue weighted by atomic mass is 19.1. The Bertz CT molecular complexity index is 811. The molecule has 132 valence electrons. The Labute approximate surface area is 144 Å². The van der Waals surface area contributed by atoms with Crippen LogP contribution in [0.15, 0.2) is 30.3 Å². The summed E-state index contributed by atoms with van der Waals surface area (Å²) in [5.41, 5.74) is 12.6. The first-order chi connectivity index (χ1) is 11.7. The predicted molar refractivity (Wildman–Crippen MR) is 89.5 cm³/mol. The summed E-state index contributed by atoms with van der Waals surface area (Å²) >= 11 is 0. The number of hydrogen-bond donors (Lipinski definition) is 2. The summed E-state index contributed by atoms with van der Waals surface area (Å²) in [5, 5.41) is 0. The van der Waals surface area contributed by atoms with E-state index in [0.717, 1.165) is 10.6 Å². The van der Waals surface area contributed by atoms with Crippen LogP contribution in [0.4, 0.5) is 4.39 Å². The van der Waals surface area contributed by atoms with Crippen LogP contribution in [-0.4, -0.2) is 40.3 Å². The van der Waals surface area contributed by atoms with Gasteiger partial charge in [-0.25, -0.2) is 4.39 Å². The van der Waals surface area contributed by atoms with Gasteiger partial charge in [0, 0.05) is 17.1 Å². The smallest absolute Gasteiger partial charge is 0.256 e. The molecule has 0 aliphatic heterocycles. The summed E-state index contributed by atoms with van der Waals surface area (Å²) in [4.78, 5) is 36.1. The number of amides is 3. The van der Waals surface area contributed by atoms with E-state index in [2.05, 4.69) is 0 Å². The number of carbonyl (C=O) groups excluding carboxylic acids is 3. The SMILES string of the molecule is Cc1cc(C(=O)N(CC(N)=O)CC(N)=O)c(C)n1-c1ccc(F)cc1. The summed E-state index contributed by atoms with van der Waals surface area (Å²) in [6, 6.07) is 7.46. The zero-order chi connectivity index (χ0) is 18.7. The highest BCUT2D eigenvalue weighted by molar-refractivity contribution is 5.99. The van der Waals surface area contributed by atoms with Gasteiger partial charge in [-0.15, -0.1) is 0 Å². The van der Waals surface area contributed by atoms with Crippen LogP contribution in [0.25, 0.3) is 5.69 Å². The third kappa shape index (κ3) is 4.03. The largest absolute Gasteiger partial charge is 0.368 e. The van der Waals surface area contributed by atoms with E-state index in [1.165, 1.54) is 12.1 Å². The van der Waals surface area contributed by atoms with Crippen molar-refractivity contribution >= 4 is 17.7 Å². The van der Waals surface area contributed by atoms with Crippen LogP contribution in [-0.2, 0) is 9.59 Å². The molecule has 0 aliphatic carbocycles. The molecule has 0 fully saturated rings. The predicted octanol–water partition coefficient (Wildman–Crippen LogP) is 0.646. The molecule has 3 amide bonds. The Hall–Kier alpha value is -3.16. The summed E-state index contributed by atoms with van der Waals surface area (Å²) in [7, 11) is 0. The van der Waals surface area contributed by atoms with Crippen molar-refractivity contribution in [2.75, 3.05) is 13.1 Å². The van der Waals surface area contributed by atoms with E-state index in [1.807, 2.05) is 0 Å². The maximum Gasteiger partial charge on any atom is 0.256 e. The fraction of sp³-hybridized carbons (Fsp3) is 0.235. The Morgan fingerprint density at radius 2 is 1.56 bits per heavy atom. The third-order valence-corrected chi connectivity index (χ3v) is 3.73. The van der Waals surface area contributed by atoms with Crippen molar-refractivity contribution in [1.29, 1.82) is 0 Å². The van der Waals surface area contributed by atoms with Gasteiger partial charge in [0.1, 0.15) is 18.9 Å². The van der Waals surface area contributed by atoms with Gasteiger partial charge < -0.3 is 20.9 Å². The number of rotatable bonds is 6. The van der Waals surface area contributed by atoms with Crippen LogP contribution in [0, 0.1) is 19.7 Å². The molecule has 0 saturated carbocycles. The number of nitrogens with two attached hydrogens (primary N) is 2. The van der Waals surface area contributed by atoms with Gasteiger partial charge in [0.25, 0.3) is 5.91 Å². The second-order valence-corrected chi connectivity index (χ2v) is 5.69. The zero-order valence-corrected chi connectivity index (χ0v) is 14.0. The van der Waals surface area contributed by atoms with Gasteiger partial charge in [-0.2, -0.15) is 0 Å². The minimum atomic E-state index is -0.748. The van der Waals surface area contributed by atoms with E-state index >= 15 is 0 Å². The molecular formula is C17H19FN4O3. The average molecular weight is 346 g/mol. The van der Waals surface area contributed by atoms with E-state index in [4.69, 9.17) is 11.5 Å². The molecule has 0 aliphatic rings. The second kappa shape index (κ2) is 7.16. The number of nitrogens with zero attached hydrogens (tertiary/aromatic N) is 2. The molecular weight excluding hydrogens is 327 g/mol. The summed E-state index contributed by atoms with van der Waals surface area (Å²) < 4.78 is 14.9. The van der Waals surface area contributed by atoms with Crippen molar-refractivity contribution in [3.05, 3.63) is 53.1 Å². The molecule has 1 aromatic carbocycles. The van der Waals surface area contributed by atoms with Gasteiger partial charge in [0.15, 0.2) is 0 Å².